The van der Waals surface area contributed by atoms with Crippen LogP contribution >= 0.6 is 0 Å². The van der Waals surface area contributed by atoms with Gasteiger partial charge in [0.05, 0.1) is 5.69 Å². The van der Waals surface area contributed by atoms with E-state index < -0.39 is 0 Å². The summed E-state index contributed by atoms with van der Waals surface area (Å²) >= 11 is 0. The molecule has 0 saturated carbocycles. The van der Waals surface area contributed by atoms with E-state index in [-0.39, 0.29) is 5.92 Å². The third kappa shape index (κ3) is 3.57. The number of nitrogens with two attached hydrogens (primary N) is 1. The van der Waals surface area contributed by atoms with Gasteiger partial charge in [0.1, 0.15) is 6.26 Å². The Hall–Kier alpha value is -0.870. The first-order valence-electron chi connectivity index (χ1n) is 7.52. The van der Waals surface area contributed by atoms with Gasteiger partial charge in [-0.1, -0.05) is 13.3 Å². The zero-order valence-corrected chi connectivity index (χ0v) is 12.4. The highest BCUT2D eigenvalue weighted by atomic mass is 16.3. The van der Waals surface area contributed by atoms with Crippen LogP contribution in [0.2, 0.25) is 0 Å². The summed E-state index contributed by atoms with van der Waals surface area (Å²) in [6.45, 7) is 8.46. The Morgan fingerprint density at radius 2 is 2.21 bits per heavy atom. The standard InChI is InChI=1S/C15H27N3O/c1-11(2)18-7-5-4-6-13(18)8-15-17-14(10-19-15)12(3)9-16/h10-13H,4-9,16H2,1-3H3. The SMILES string of the molecule is CC(CN)c1coc(CC2CCCCN2C(C)C)n1. The van der Waals surface area contributed by atoms with Crippen LogP contribution in [0.25, 0.3) is 0 Å². The molecular weight excluding hydrogens is 238 g/mol. The quantitative estimate of drug-likeness (QED) is 0.889. The summed E-state index contributed by atoms with van der Waals surface area (Å²) in [4.78, 5) is 7.18. The van der Waals surface area contributed by atoms with Crippen molar-refractivity contribution in [2.45, 2.75) is 64.5 Å². The van der Waals surface area contributed by atoms with Crippen LogP contribution in [0.4, 0.5) is 0 Å². The zero-order valence-electron chi connectivity index (χ0n) is 12.4. The van der Waals surface area contributed by atoms with E-state index >= 15 is 0 Å². The predicted molar refractivity (Wildman–Crippen MR) is 77.2 cm³/mol. The lowest BCUT2D eigenvalue weighted by Gasteiger charge is -2.38. The number of hydrogen-bond acceptors (Lipinski definition) is 4. The molecule has 0 aromatic carbocycles. The van der Waals surface area contributed by atoms with Gasteiger partial charge >= 0.3 is 0 Å². The molecule has 2 rings (SSSR count). The van der Waals surface area contributed by atoms with Gasteiger partial charge in [0.25, 0.3) is 0 Å². The minimum absolute atomic E-state index is 0.282. The Bertz CT molecular complexity index is 388. The summed E-state index contributed by atoms with van der Waals surface area (Å²) in [5.74, 6) is 1.15. The first-order chi connectivity index (χ1) is 9.11. The Morgan fingerprint density at radius 1 is 1.42 bits per heavy atom. The molecule has 0 bridgehead atoms. The molecule has 4 nitrogen and oxygen atoms in total. The molecule has 2 heterocycles. The summed E-state index contributed by atoms with van der Waals surface area (Å²) in [5, 5.41) is 0. The van der Waals surface area contributed by atoms with Crippen LogP contribution in [0.3, 0.4) is 0 Å². The first kappa shape index (κ1) is 14.5. The summed E-state index contributed by atoms with van der Waals surface area (Å²) in [7, 11) is 0. The van der Waals surface area contributed by atoms with Crippen LogP contribution in [-0.2, 0) is 6.42 Å². The van der Waals surface area contributed by atoms with Gasteiger partial charge in [-0.15, -0.1) is 0 Å². The van der Waals surface area contributed by atoms with Crippen LogP contribution in [0.5, 0.6) is 0 Å². The van der Waals surface area contributed by atoms with Crippen LogP contribution in [0, 0.1) is 0 Å². The smallest absolute Gasteiger partial charge is 0.195 e. The third-order valence-corrected chi connectivity index (χ3v) is 4.17. The summed E-state index contributed by atoms with van der Waals surface area (Å²) in [6, 6.07) is 1.18. The van der Waals surface area contributed by atoms with Crippen molar-refractivity contribution in [1.82, 2.24) is 9.88 Å². The molecule has 1 fully saturated rings. The largest absolute Gasteiger partial charge is 0.449 e. The van der Waals surface area contributed by atoms with Crippen LogP contribution in [0.1, 0.15) is 57.5 Å². The van der Waals surface area contributed by atoms with Gasteiger partial charge in [-0.25, -0.2) is 4.98 Å². The molecule has 1 aromatic heterocycles. The monoisotopic (exact) mass is 265 g/mol. The Kier molecular flexibility index (Phi) is 4.99. The van der Waals surface area contributed by atoms with Crippen molar-refractivity contribution in [3.8, 4) is 0 Å². The first-order valence-corrected chi connectivity index (χ1v) is 7.52. The lowest BCUT2D eigenvalue weighted by atomic mass is 9.98. The average Bonchev–Trinajstić information content (AvgIpc) is 2.86. The molecule has 0 radical (unpaired) electrons. The third-order valence-electron chi connectivity index (χ3n) is 4.17. The molecule has 0 aliphatic carbocycles. The highest BCUT2D eigenvalue weighted by Gasteiger charge is 2.26. The normalized spacial score (nSPS) is 22.9. The van der Waals surface area contributed by atoms with Crippen LogP contribution in [-0.4, -0.2) is 35.1 Å². The predicted octanol–water partition coefficient (Wildman–Crippen LogP) is 2.54. The second-order valence-electron chi connectivity index (χ2n) is 5.99. The second-order valence-corrected chi connectivity index (χ2v) is 5.99. The maximum atomic E-state index is 5.67. The number of likely N-dealkylation sites (tertiary alicyclic amines) is 1. The maximum absolute atomic E-state index is 5.67. The molecule has 19 heavy (non-hydrogen) atoms. The van der Waals surface area contributed by atoms with Gasteiger partial charge in [0.2, 0.25) is 0 Å². The fourth-order valence-electron chi connectivity index (χ4n) is 2.89. The summed E-state index contributed by atoms with van der Waals surface area (Å²) in [5.41, 5.74) is 6.66. The van der Waals surface area contributed by atoms with E-state index in [2.05, 4.69) is 30.7 Å². The molecule has 2 atom stereocenters. The summed E-state index contributed by atoms with van der Waals surface area (Å²) < 4.78 is 5.63. The van der Waals surface area contributed by atoms with E-state index in [0.717, 1.165) is 18.0 Å². The van der Waals surface area contributed by atoms with Crippen molar-refractivity contribution < 1.29 is 4.42 Å². The molecule has 4 heteroatoms. The fraction of sp³-hybridized carbons (Fsp3) is 0.800. The number of aromatic nitrogens is 1. The Labute approximate surface area is 116 Å². The average molecular weight is 265 g/mol. The van der Waals surface area contributed by atoms with Crippen LogP contribution in [0.15, 0.2) is 10.7 Å². The van der Waals surface area contributed by atoms with Crippen molar-refractivity contribution in [3.63, 3.8) is 0 Å². The van der Waals surface area contributed by atoms with E-state index in [4.69, 9.17) is 10.2 Å². The molecule has 1 saturated heterocycles. The van der Waals surface area contributed by atoms with Gasteiger partial charge in [0, 0.05) is 31.0 Å². The van der Waals surface area contributed by atoms with E-state index in [1.54, 1.807) is 6.26 Å². The number of nitrogens with zero attached hydrogens (tertiary/aromatic N) is 2. The minimum Gasteiger partial charge on any atom is -0.449 e. The highest BCUT2D eigenvalue weighted by Crippen LogP contribution is 2.23. The van der Waals surface area contributed by atoms with Gasteiger partial charge in [0.15, 0.2) is 5.89 Å². The molecule has 108 valence electrons. The summed E-state index contributed by atoms with van der Waals surface area (Å²) in [6.07, 6.45) is 6.59. The van der Waals surface area contributed by atoms with Gasteiger partial charge in [-0.3, -0.25) is 4.90 Å². The molecular formula is C15H27N3O. The lowest BCUT2D eigenvalue weighted by Crippen LogP contribution is -2.45. The van der Waals surface area contributed by atoms with E-state index in [1.807, 2.05) is 0 Å². The van der Waals surface area contributed by atoms with E-state index in [0.29, 0.717) is 18.6 Å². The van der Waals surface area contributed by atoms with Gasteiger partial charge in [-0.05, 0) is 33.2 Å². The molecule has 2 N–H and O–H groups in total. The fourth-order valence-corrected chi connectivity index (χ4v) is 2.89. The zero-order chi connectivity index (χ0) is 13.8. The molecule has 0 amide bonds. The number of oxazole rings is 1. The molecule has 1 aromatic rings. The number of hydrogen-bond donors (Lipinski definition) is 1. The van der Waals surface area contributed by atoms with E-state index in [1.165, 1.54) is 25.8 Å². The van der Waals surface area contributed by atoms with Crippen molar-refractivity contribution in [2.24, 2.45) is 5.73 Å². The molecule has 1 aliphatic heterocycles. The number of piperidine rings is 1. The molecule has 2 unspecified atom stereocenters. The molecule has 0 spiro atoms. The minimum atomic E-state index is 0.282. The topological polar surface area (TPSA) is 55.3 Å². The van der Waals surface area contributed by atoms with Crippen molar-refractivity contribution in [2.75, 3.05) is 13.1 Å². The van der Waals surface area contributed by atoms with Crippen LogP contribution < -0.4 is 5.73 Å². The number of rotatable bonds is 5. The van der Waals surface area contributed by atoms with Crippen molar-refractivity contribution >= 4 is 0 Å². The molecule has 1 aliphatic rings. The van der Waals surface area contributed by atoms with Crippen molar-refractivity contribution in [3.05, 3.63) is 17.8 Å². The maximum Gasteiger partial charge on any atom is 0.195 e. The van der Waals surface area contributed by atoms with Crippen molar-refractivity contribution in [1.29, 1.82) is 0 Å². The lowest BCUT2D eigenvalue weighted by molar-refractivity contribution is 0.107. The second kappa shape index (κ2) is 6.53. The van der Waals surface area contributed by atoms with E-state index in [9.17, 15) is 0 Å². The Morgan fingerprint density at radius 3 is 2.89 bits per heavy atom. The van der Waals surface area contributed by atoms with Gasteiger partial charge in [-0.2, -0.15) is 0 Å². The Balaban J connectivity index is 2.00. The van der Waals surface area contributed by atoms with Gasteiger partial charge < -0.3 is 10.2 Å². The highest BCUT2D eigenvalue weighted by molar-refractivity contribution is 5.04.